The van der Waals surface area contributed by atoms with Crippen molar-refractivity contribution < 1.29 is 44.7 Å². The first-order valence-corrected chi connectivity index (χ1v) is 22.9. The van der Waals surface area contributed by atoms with Gasteiger partial charge in [-0.15, -0.1) is 0 Å². The van der Waals surface area contributed by atoms with Gasteiger partial charge in [-0.3, -0.25) is 9.59 Å². The topological polar surface area (TPSA) is 43.0 Å². The van der Waals surface area contributed by atoms with E-state index in [0.29, 0.717) is 76.2 Å². The van der Waals surface area contributed by atoms with E-state index >= 15 is 35.1 Å². The van der Waals surface area contributed by atoms with E-state index in [2.05, 4.69) is 0 Å². The SMILES string of the molecule is O=C1c2cc3c(cc2C2(F)CCC1(F)CC2)c1cc(-c2c(F)cccc2F)cc2c4cc5c(cc4n3c12)c1cc(-c2c(F)cccc2F)cc2c3cc4c(cc3n5c21)C(=O)C1(F)CCC4(F)CC1. The number of fused-ring (bicyclic) bond motifs is 16. The summed E-state index contributed by atoms with van der Waals surface area (Å²) < 4.78 is 134. The third kappa shape index (κ3) is 4.53. The van der Waals surface area contributed by atoms with Crippen LogP contribution >= 0.6 is 0 Å². The van der Waals surface area contributed by atoms with Gasteiger partial charge in [0, 0.05) is 65.3 Å². The van der Waals surface area contributed by atoms with Crippen molar-refractivity contribution in [1.82, 2.24) is 8.80 Å². The van der Waals surface area contributed by atoms with E-state index in [0.717, 1.165) is 24.3 Å². The minimum atomic E-state index is -2.24. The lowest BCUT2D eigenvalue weighted by molar-refractivity contribution is 0.0230. The second-order valence-electron chi connectivity index (χ2n) is 19.9. The minimum Gasteiger partial charge on any atom is -0.308 e. The fraction of sp³-hybridized carbons (Fsp3) is 0.214. The quantitative estimate of drug-likeness (QED) is 0.162. The van der Waals surface area contributed by atoms with Gasteiger partial charge < -0.3 is 8.80 Å². The molecule has 4 aromatic heterocycles. The maximum atomic E-state index is 17.0. The van der Waals surface area contributed by atoms with Crippen LogP contribution in [0.2, 0.25) is 0 Å². The normalized spacial score (nSPS) is 24.9. The van der Waals surface area contributed by atoms with Crippen molar-refractivity contribution in [3.8, 4) is 22.3 Å². The summed E-state index contributed by atoms with van der Waals surface area (Å²) >= 11 is 0. The van der Waals surface area contributed by atoms with Gasteiger partial charge in [-0.25, -0.2) is 35.1 Å². The second kappa shape index (κ2) is 12.1. The molecule has 0 unspecified atom stereocenters. The molecule has 12 heteroatoms. The predicted octanol–water partition coefficient (Wildman–Crippen LogP) is 15.2. The number of nitrogens with zero attached hydrogens (tertiary/aromatic N) is 2. The predicted molar refractivity (Wildman–Crippen MR) is 245 cm³/mol. The van der Waals surface area contributed by atoms with Gasteiger partial charge in [0.1, 0.15) is 34.6 Å². The van der Waals surface area contributed by atoms with E-state index in [4.69, 9.17) is 0 Å². The van der Waals surface area contributed by atoms with Crippen LogP contribution in [0.15, 0.2) is 97.1 Å². The molecule has 0 aliphatic heterocycles. The van der Waals surface area contributed by atoms with Gasteiger partial charge in [0.15, 0.2) is 22.9 Å². The molecule has 2 saturated carbocycles. The van der Waals surface area contributed by atoms with E-state index in [1.54, 1.807) is 36.4 Å². The Labute approximate surface area is 379 Å². The van der Waals surface area contributed by atoms with Gasteiger partial charge in [-0.1, -0.05) is 12.1 Å². The van der Waals surface area contributed by atoms with Crippen molar-refractivity contribution in [2.24, 2.45) is 0 Å². The Morgan fingerprint density at radius 3 is 1.00 bits per heavy atom. The zero-order valence-corrected chi connectivity index (χ0v) is 35.6. The molecule has 4 nitrogen and oxygen atoms in total. The molecule has 0 atom stereocenters. The fourth-order valence-electron chi connectivity index (χ4n) is 13.2. The third-order valence-corrected chi connectivity index (χ3v) is 16.6. The molecule has 68 heavy (non-hydrogen) atoms. The number of aromatic nitrogens is 2. The van der Waals surface area contributed by atoms with Gasteiger partial charge in [0.25, 0.3) is 0 Å². The Kier molecular flexibility index (Phi) is 6.95. The van der Waals surface area contributed by atoms with Crippen molar-refractivity contribution >= 4 is 87.8 Å². The Morgan fingerprint density at radius 1 is 0.368 bits per heavy atom. The summed E-state index contributed by atoms with van der Waals surface area (Å²) in [5.41, 5.74) is -5.52. The number of benzene rings is 7. The molecule has 0 amide bonds. The minimum absolute atomic E-state index is 0.0657. The molecule has 334 valence electrons. The molecule has 2 fully saturated rings. The van der Waals surface area contributed by atoms with Crippen LogP contribution < -0.4 is 0 Å². The molecule has 17 rings (SSSR count). The molecule has 0 N–H and O–H groups in total. The maximum absolute atomic E-state index is 17.0. The van der Waals surface area contributed by atoms with Crippen molar-refractivity contribution in [2.75, 3.05) is 0 Å². The fourth-order valence-corrected chi connectivity index (χ4v) is 13.2. The van der Waals surface area contributed by atoms with Gasteiger partial charge >= 0.3 is 0 Å². The van der Waals surface area contributed by atoms with Crippen LogP contribution in [0.5, 0.6) is 0 Å². The number of ketones is 2. The van der Waals surface area contributed by atoms with Gasteiger partial charge in [-0.05, 0) is 147 Å². The first-order valence-electron chi connectivity index (χ1n) is 22.9. The third-order valence-electron chi connectivity index (χ3n) is 16.6. The molecule has 0 spiro atoms. The van der Waals surface area contributed by atoms with Crippen LogP contribution in [0.4, 0.5) is 35.1 Å². The Hall–Kier alpha value is -7.08. The Balaban J connectivity index is 1.13. The van der Waals surface area contributed by atoms with E-state index in [-0.39, 0.29) is 95.9 Å². The monoisotopic (exact) mass is 916 g/mol. The molecule has 0 saturated heterocycles. The van der Waals surface area contributed by atoms with Crippen molar-refractivity contribution in [3.63, 3.8) is 0 Å². The number of hydrogen-bond donors (Lipinski definition) is 0. The highest BCUT2D eigenvalue weighted by atomic mass is 19.2. The highest BCUT2D eigenvalue weighted by Gasteiger charge is 2.56. The first kappa shape index (κ1) is 39.0. The van der Waals surface area contributed by atoms with Crippen LogP contribution in [0.3, 0.4) is 0 Å². The van der Waals surface area contributed by atoms with Crippen molar-refractivity contribution in [3.05, 3.63) is 143 Å². The lowest BCUT2D eigenvalue weighted by Gasteiger charge is -2.32. The molecule has 4 bridgehead atoms. The zero-order valence-electron chi connectivity index (χ0n) is 35.6. The first-order chi connectivity index (χ1) is 32.6. The highest BCUT2D eigenvalue weighted by Crippen LogP contribution is 2.56. The molecule has 7 aromatic carbocycles. The number of alkyl halides is 4. The van der Waals surface area contributed by atoms with Crippen LogP contribution in [-0.4, -0.2) is 31.7 Å². The van der Waals surface area contributed by atoms with Crippen molar-refractivity contribution in [2.45, 2.75) is 74.0 Å². The van der Waals surface area contributed by atoms with Crippen LogP contribution in [0.25, 0.3) is 98.4 Å². The van der Waals surface area contributed by atoms with E-state index < -0.39 is 57.5 Å². The molecule has 6 aliphatic rings. The summed E-state index contributed by atoms with van der Waals surface area (Å²) in [4.78, 5) is 28.2. The average molecular weight is 917 g/mol. The lowest BCUT2D eigenvalue weighted by atomic mass is 9.78. The lowest BCUT2D eigenvalue weighted by Crippen LogP contribution is -2.37. The maximum Gasteiger partial charge on any atom is 0.200 e. The number of carbonyl (C=O) groups is 2. The van der Waals surface area contributed by atoms with Gasteiger partial charge in [0.05, 0.1) is 44.2 Å². The number of rotatable bonds is 2. The van der Waals surface area contributed by atoms with E-state index in [1.165, 1.54) is 24.3 Å². The largest absolute Gasteiger partial charge is 0.308 e. The number of halogens is 8. The van der Waals surface area contributed by atoms with Crippen molar-refractivity contribution in [1.29, 1.82) is 0 Å². The van der Waals surface area contributed by atoms with E-state index in [9.17, 15) is 9.59 Å². The van der Waals surface area contributed by atoms with E-state index in [1.807, 2.05) is 20.9 Å². The second-order valence-corrected chi connectivity index (χ2v) is 19.9. The van der Waals surface area contributed by atoms with Crippen LogP contribution in [-0.2, 0) is 11.3 Å². The molecule has 4 heterocycles. The zero-order chi connectivity index (χ0) is 46.3. The van der Waals surface area contributed by atoms with Crippen LogP contribution in [0, 0.1) is 23.3 Å². The summed E-state index contributed by atoms with van der Waals surface area (Å²) in [7, 11) is 0. The number of hydrogen-bond acceptors (Lipinski definition) is 2. The summed E-state index contributed by atoms with van der Waals surface area (Å²) in [6.07, 6.45) is -1.79. The number of Topliss-reactive ketones (excluding diaryl/α,β-unsaturated/α-hetero) is 2. The molecule has 11 aromatic rings. The number of carbonyl (C=O) groups excluding carboxylic acids is 2. The highest BCUT2D eigenvalue weighted by molar-refractivity contribution is 6.30. The van der Waals surface area contributed by atoms with Gasteiger partial charge in [0.2, 0.25) is 0 Å². The summed E-state index contributed by atoms with van der Waals surface area (Å²) in [5.74, 6) is -4.84. The summed E-state index contributed by atoms with van der Waals surface area (Å²) in [5, 5.41) is 4.19. The standard InChI is InChI=1S/C56H32F8N2O2/c57-39-3-1-4-40(58)47(39)25-15-31-27-19-37-35(51(67)55(63)11-7-53(37,61)8-12-55)23-45(27)65-43-22-30-34-18-26(48-41(59)5-2-6-42(48)60)16-32-28-20-38-36(52(68)56(64)13-9-54(38,62)10-14-56)24-46(28)66(50(32)34)44(30)21-29(43)33(17-25)49(31)65/h1-6,15-24H,7-14H2. The van der Waals surface area contributed by atoms with Crippen LogP contribution in [0.1, 0.15) is 83.2 Å². The van der Waals surface area contributed by atoms with Gasteiger partial charge in [-0.2, -0.15) is 0 Å². The molecular formula is C56H32F8N2O2. The molecular weight excluding hydrogens is 885 g/mol. The molecule has 0 radical (unpaired) electrons. The summed E-state index contributed by atoms with van der Waals surface area (Å²) in [6, 6.07) is 23.7. The smallest absolute Gasteiger partial charge is 0.200 e. The molecule has 6 aliphatic carbocycles. The average Bonchev–Trinajstić information content (AvgIpc) is 3.98. The Bertz CT molecular complexity index is 3900. The summed E-state index contributed by atoms with van der Waals surface area (Å²) in [6.45, 7) is 0. The Morgan fingerprint density at radius 2 is 0.662 bits per heavy atom.